The second-order valence-electron chi connectivity index (χ2n) is 5.88. The van der Waals surface area contributed by atoms with Crippen LogP contribution < -0.4 is 4.90 Å². The molecule has 6 heteroatoms. The van der Waals surface area contributed by atoms with Crippen LogP contribution in [0.5, 0.6) is 0 Å². The van der Waals surface area contributed by atoms with Crippen LogP contribution in [-0.4, -0.2) is 51.8 Å². The molecule has 4 rings (SSSR count). The summed E-state index contributed by atoms with van der Waals surface area (Å²) in [5, 5.41) is 6.78. The van der Waals surface area contributed by atoms with Crippen LogP contribution in [0.2, 0.25) is 0 Å². The van der Waals surface area contributed by atoms with E-state index in [1.165, 1.54) is 0 Å². The molecule has 122 valence electrons. The molecule has 0 amide bonds. The van der Waals surface area contributed by atoms with Crippen molar-refractivity contribution in [3.05, 3.63) is 60.2 Å². The molecule has 0 saturated carbocycles. The summed E-state index contributed by atoms with van der Waals surface area (Å²) in [5.74, 6) is 1.04. The zero-order valence-corrected chi connectivity index (χ0v) is 13.7. The lowest BCUT2D eigenvalue weighted by atomic mass is 10.3. The molecule has 0 unspecified atom stereocenters. The minimum atomic E-state index is 0.892. The zero-order chi connectivity index (χ0) is 16.4. The number of aryl methyl sites for hydroxylation is 1. The number of aromatic nitrogens is 3. The summed E-state index contributed by atoms with van der Waals surface area (Å²) in [6, 6.07) is 12.1. The third-order valence-corrected chi connectivity index (χ3v) is 4.32. The highest BCUT2D eigenvalue weighted by molar-refractivity contribution is 5.80. The van der Waals surface area contributed by atoms with Gasteiger partial charge < -0.3 is 4.90 Å². The topological polar surface area (TPSA) is 49.0 Å². The highest BCUT2D eigenvalue weighted by Crippen LogP contribution is 2.13. The minimum absolute atomic E-state index is 0.892. The summed E-state index contributed by atoms with van der Waals surface area (Å²) in [6.45, 7) is 5.67. The predicted molar refractivity (Wildman–Crippen MR) is 95.5 cm³/mol. The molecule has 0 radical (unpaired) electrons. The van der Waals surface area contributed by atoms with Crippen molar-refractivity contribution in [2.24, 2.45) is 5.10 Å². The largest absolute Gasteiger partial charge is 0.353 e. The van der Waals surface area contributed by atoms with E-state index in [2.05, 4.69) is 35.4 Å². The number of anilines is 1. The highest BCUT2D eigenvalue weighted by Gasteiger charge is 2.16. The Morgan fingerprint density at radius 2 is 1.88 bits per heavy atom. The van der Waals surface area contributed by atoms with Crippen LogP contribution in [0.15, 0.2) is 53.9 Å². The lowest BCUT2D eigenvalue weighted by Gasteiger charge is -2.33. The Morgan fingerprint density at radius 1 is 1.04 bits per heavy atom. The lowest BCUT2D eigenvalue weighted by molar-refractivity contribution is 0.271. The summed E-state index contributed by atoms with van der Waals surface area (Å²) in [6.07, 6.45) is 5.79. The summed E-state index contributed by atoms with van der Waals surface area (Å²) < 4.78 is 2.07. The number of hydrogen-bond acceptors (Lipinski definition) is 5. The Bertz CT molecular complexity index is 846. The van der Waals surface area contributed by atoms with E-state index in [1.54, 1.807) is 0 Å². The molecule has 0 atom stereocenters. The first-order valence-electron chi connectivity index (χ1n) is 8.20. The van der Waals surface area contributed by atoms with E-state index in [0.29, 0.717) is 0 Å². The molecule has 0 spiro atoms. The van der Waals surface area contributed by atoms with Gasteiger partial charge in [-0.05, 0) is 31.2 Å². The second-order valence-corrected chi connectivity index (χ2v) is 5.88. The summed E-state index contributed by atoms with van der Waals surface area (Å²) in [5.41, 5.74) is 2.99. The van der Waals surface area contributed by atoms with Crippen LogP contribution in [-0.2, 0) is 0 Å². The Labute approximate surface area is 141 Å². The normalized spacial score (nSPS) is 15.5. The molecule has 1 aliphatic rings. The smallest absolute Gasteiger partial charge is 0.137 e. The summed E-state index contributed by atoms with van der Waals surface area (Å²) >= 11 is 0. The van der Waals surface area contributed by atoms with Gasteiger partial charge in [-0.1, -0.05) is 12.1 Å². The Balaban J connectivity index is 1.45. The first-order chi connectivity index (χ1) is 11.8. The number of hydrogen-bond donors (Lipinski definition) is 0. The Morgan fingerprint density at radius 3 is 2.67 bits per heavy atom. The van der Waals surface area contributed by atoms with Crippen molar-refractivity contribution in [3.63, 3.8) is 0 Å². The third-order valence-electron chi connectivity index (χ3n) is 4.32. The van der Waals surface area contributed by atoms with Gasteiger partial charge in [0.05, 0.1) is 30.7 Å². The predicted octanol–water partition coefficient (Wildman–Crippen LogP) is 2.19. The molecule has 1 saturated heterocycles. The van der Waals surface area contributed by atoms with E-state index in [9.17, 15) is 0 Å². The average molecular weight is 320 g/mol. The minimum Gasteiger partial charge on any atom is -0.353 e. The molecule has 4 heterocycles. The zero-order valence-electron chi connectivity index (χ0n) is 13.7. The third kappa shape index (κ3) is 2.82. The highest BCUT2D eigenvalue weighted by atomic mass is 15.5. The van der Waals surface area contributed by atoms with Crippen LogP contribution in [0.4, 0.5) is 5.82 Å². The molecule has 0 bridgehead atoms. The molecule has 0 aromatic carbocycles. The van der Waals surface area contributed by atoms with E-state index in [-0.39, 0.29) is 0 Å². The van der Waals surface area contributed by atoms with Gasteiger partial charge in [-0.15, -0.1) is 0 Å². The number of rotatable bonds is 3. The average Bonchev–Trinajstić information content (AvgIpc) is 2.96. The van der Waals surface area contributed by atoms with Crippen LogP contribution in [0.25, 0.3) is 5.65 Å². The SMILES string of the molecule is Cc1nc2ccccn2c1C=NN1CCN(c2ccccn2)CC1. The molecular formula is C18H20N6. The molecule has 3 aromatic rings. The molecule has 3 aromatic heterocycles. The fraction of sp³-hybridized carbons (Fsp3) is 0.278. The molecule has 6 nitrogen and oxygen atoms in total. The van der Waals surface area contributed by atoms with Crippen LogP contribution in [0.3, 0.4) is 0 Å². The van der Waals surface area contributed by atoms with Gasteiger partial charge in [-0.3, -0.25) is 9.41 Å². The maximum atomic E-state index is 4.67. The first-order valence-corrected chi connectivity index (χ1v) is 8.20. The monoisotopic (exact) mass is 320 g/mol. The summed E-state index contributed by atoms with van der Waals surface area (Å²) in [4.78, 5) is 11.3. The second kappa shape index (κ2) is 6.31. The van der Waals surface area contributed by atoms with Crippen molar-refractivity contribution in [3.8, 4) is 0 Å². The Hall–Kier alpha value is -2.89. The van der Waals surface area contributed by atoms with E-state index < -0.39 is 0 Å². The maximum absolute atomic E-state index is 4.67. The van der Waals surface area contributed by atoms with E-state index in [0.717, 1.165) is 49.0 Å². The van der Waals surface area contributed by atoms with Crippen molar-refractivity contribution >= 4 is 17.7 Å². The van der Waals surface area contributed by atoms with Gasteiger partial charge in [0, 0.05) is 25.5 Å². The number of imidazole rings is 1. The van der Waals surface area contributed by atoms with Gasteiger partial charge in [0.2, 0.25) is 0 Å². The number of pyridine rings is 2. The molecule has 0 N–H and O–H groups in total. The molecule has 1 fully saturated rings. The summed E-state index contributed by atoms with van der Waals surface area (Å²) in [7, 11) is 0. The van der Waals surface area contributed by atoms with Gasteiger partial charge in [0.25, 0.3) is 0 Å². The van der Waals surface area contributed by atoms with Crippen molar-refractivity contribution in [1.29, 1.82) is 0 Å². The molecular weight excluding hydrogens is 300 g/mol. The molecule has 0 aliphatic carbocycles. The number of piperazine rings is 1. The van der Waals surface area contributed by atoms with E-state index in [1.807, 2.05) is 55.9 Å². The van der Waals surface area contributed by atoms with Crippen molar-refractivity contribution in [1.82, 2.24) is 19.4 Å². The first kappa shape index (κ1) is 14.7. The van der Waals surface area contributed by atoms with E-state index >= 15 is 0 Å². The molecule has 1 aliphatic heterocycles. The van der Waals surface area contributed by atoms with Crippen molar-refractivity contribution in [2.75, 3.05) is 31.1 Å². The van der Waals surface area contributed by atoms with Crippen molar-refractivity contribution < 1.29 is 0 Å². The number of hydrazone groups is 1. The van der Waals surface area contributed by atoms with Gasteiger partial charge in [0.15, 0.2) is 0 Å². The molecule has 24 heavy (non-hydrogen) atoms. The number of nitrogens with zero attached hydrogens (tertiary/aromatic N) is 6. The van der Waals surface area contributed by atoms with Gasteiger partial charge in [-0.2, -0.15) is 5.10 Å². The quantitative estimate of drug-likeness (QED) is 0.694. The van der Waals surface area contributed by atoms with Gasteiger partial charge >= 0.3 is 0 Å². The van der Waals surface area contributed by atoms with Gasteiger partial charge in [-0.25, -0.2) is 9.97 Å². The Kier molecular flexibility index (Phi) is 3.86. The van der Waals surface area contributed by atoms with Crippen LogP contribution in [0, 0.1) is 6.92 Å². The van der Waals surface area contributed by atoms with E-state index in [4.69, 9.17) is 0 Å². The maximum Gasteiger partial charge on any atom is 0.137 e. The fourth-order valence-corrected chi connectivity index (χ4v) is 3.01. The standard InChI is InChI=1S/C18H20N6/c1-15-16(24-9-5-3-7-18(24)21-15)14-20-23-12-10-22(11-13-23)17-6-2-4-8-19-17/h2-9,14H,10-13H2,1H3. The van der Waals surface area contributed by atoms with Crippen LogP contribution in [0.1, 0.15) is 11.4 Å². The fourth-order valence-electron chi connectivity index (χ4n) is 3.01. The lowest BCUT2D eigenvalue weighted by Crippen LogP contribution is -2.44. The number of fused-ring (bicyclic) bond motifs is 1. The van der Waals surface area contributed by atoms with Crippen molar-refractivity contribution in [2.45, 2.75) is 6.92 Å². The van der Waals surface area contributed by atoms with Gasteiger partial charge in [0.1, 0.15) is 11.5 Å². The van der Waals surface area contributed by atoms with Crippen LogP contribution >= 0.6 is 0 Å².